The van der Waals surface area contributed by atoms with Crippen LogP contribution >= 0.6 is 11.6 Å². The van der Waals surface area contributed by atoms with Gasteiger partial charge in [0.1, 0.15) is 5.75 Å². The number of rotatable bonds is 5. The maximum absolute atomic E-state index is 12.2. The molecule has 1 aromatic carbocycles. The summed E-state index contributed by atoms with van der Waals surface area (Å²) in [6, 6.07) is 6.96. The van der Waals surface area contributed by atoms with Gasteiger partial charge in [-0.1, -0.05) is 23.7 Å². The van der Waals surface area contributed by atoms with Gasteiger partial charge in [0.05, 0.1) is 10.7 Å². The van der Waals surface area contributed by atoms with Gasteiger partial charge in [0, 0.05) is 11.3 Å². The van der Waals surface area contributed by atoms with Crippen LogP contribution in [-0.4, -0.2) is 23.2 Å². The van der Waals surface area contributed by atoms with Crippen LogP contribution < -0.4 is 4.74 Å². The second-order valence-electron chi connectivity index (χ2n) is 4.82. The number of aryl methyl sites for hydroxylation is 1. The van der Waals surface area contributed by atoms with Crippen molar-refractivity contribution in [3.05, 3.63) is 51.8 Å². The lowest BCUT2D eigenvalue weighted by molar-refractivity contribution is 0.0916. The molecule has 4 nitrogen and oxygen atoms in total. The molecule has 21 heavy (non-hydrogen) atoms. The lowest BCUT2D eigenvalue weighted by Crippen LogP contribution is -2.13. The Kier molecular flexibility index (Phi) is 4.48. The number of halogens is 1. The molecule has 0 radical (unpaired) electrons. The van der Waals surface area contributed by atoms with E-state index in [-0.39, 0.29) is 18.2 Å². The van der Waals surface area contributed by atoms with Crippen LogP contribution in [-0.2, 0) is 0 Å². The van der Waals surface area contributed by atoms with Crippen LogP contribution in [0, 0.1) is 13.8 Å². The molecule has 0 bridgehead atoms. The molecule has 0 atom stereocenters. The van der Waals surface area contributed by atoms with Gasteiger partial charge in [-0.25, -0.2) is 0 Å². The third kappa shape index (κ3) is 3.16. The summed E-state index contributed by atoms with van der Waals surface area (Å²) >= 11 is 5.97. The van der Waals surface area contributed by atoms with Crippen LogP contribution in [0.3, 0.4) is 0 Å². The molecule has 2 aromatic rings. The Bertz CT molecular complexity index is 704. The van der Waals surface area contributed by atoms with E-state index in [1.165, 1.54) is 6.92 Å². The highest BCUT2D eigenvalue weighted by molar-refractivity contribution is 6.32. The standard InChI is InChI=1S/C16H16ClNO3/c1-9-15(11(3)19)10(2)18-16(9)13(20)8-21-14-7-5-4-6-12(14)17/h4-7,18H,8H2,1-3H3. The first-order valence-electron chi connectivity index (χ1n) is 6.52. The predicted molar refractivity (Wildman–Crippen MR) is 81.5 cm³/mol. The van der Waals surface area contributed by atoms with Gasteiger partial charge in [-0.3, -0.25) is 9.59 Å². The minimum absolute atomic E-state index is 0.0627. The monoisotopic (exact) mass is 305 g/mol. The number of carbonyl (C=O) groups excluding carboxylic acids is 2. The van der Waals surface area contributed by atoms with E-state index in [0.29, 0.717) is 33.3 Å². The molecule has 110 valence electrons. The van der Waals surface area contributed by atoms with E-state index in [1.807, 2.05) is 0 Å². The molecule has 0 aliphatic rings. The molecule has 0 spiro atoms. The molecule has 0 saturated heterocycles. The summed E-state index contributed by atoms with van der Waals surface area (Å²) in [4.78, 5) is 26.8. The number of nitrogens with one attached hydrogen (secondary N) is 1. The van der Waals surface area contributed by atoms with Crippen molar-refractivity contribution in [3.63, 3.8) is 0 Å². The quantitative estimate of drug-likeness (QED) is 0.856. The molecule has 0 aliphatic heterocycles. The first-order chi connectivity index (χ1) is 9.91. The van der Waals surface area contributed by atoms with Crippen LogP contribution in [0.5, 0.6) is 5.75 Å². The van der Waals surface area contributed by atoms with Crippen molar-refractivity contribution < 1.29 is 14.3 Å². The maximum Gasteiger partial charge on any atom is 0.216 e. The van der Waals surface area contributed by atoms with Gasteiger partial charge in [-0.2, -0.15) is 0 Å². The topological polar surface area (TPSA) is 59.2 Å². The molecule has 1 aromatic heterocycles. The average Bonchev–Trinajstić information content (AvgIpc) is 2.73. The number of hydrogen-bond donors (Lipinski definition) is 1. The van der Waals surface area contributed by atoms with Crippen molar-refractivity contribution >= 4 is 23.2 Å². The van der Waals surface area contributed by atoms with E-state index >= 15 is 0 Å². The fraction of sp³-hybridized carbons (Fsp3) is 0.250. The summed E-state index contributed by atoms with van der Waals surface area (Å²) in [5.41, 5.74) is 2.33. The molecule has 0 fully saturated rings. The Morgan fingerprint density at radius 3 is 2.48 bits per heavy atom. The number of aromatic amines is 1. The second-order valence-corrected chi connectivity index (χ2v) is 5.23. The summed E-state index contributed by atoms with van der Waals surface area (Å²) in [6.07, 6.45) is 0. The zero-order valence-corrected chi connectivity index (χ0v) is 12.9. The Labute approximate surface area is 128 Å². The van der Waals surface area contributed by atoms with Gasteiger partial charge >= 0.3 is 0 Å². The smallest absolute Gasteiger partial charge is 0.216 e. The molecule has 0 amide bonds. The first kappa shape index (κ1) is 15.3. The average molecular weight is 306 g/mol. The van der Waals surface area contributed by atoms with Gasteiger partial charge in [-0.05, 0) is 38.5 Å². The van der Waals surface area contributed by atoms with Gasteiger partial charge in [0.2, 0.25) is 5.78 Å². The summed E-state index contributed by atoms with van der Waals surface area (Å²) in [6.45, 7) is 4.87. The van der Waals surface area contributed by atoms with E-state index < -0.39 is 0 Å². The number of para-hydroxylation sites is 1. The second kappa shape index (κ2) is 6.14. The molecule has 0 aliphatic carbocycles. The number of H-pyrrole nitrogens is 1. The number of aromatic nitrogens is 1. The Morgan fingerprint density at radius 1 is 1.24 bits per heavy atom. The van der Waals surface area contributed by atoms with Crippen LogP contribution in [0.15, 0.2) is 24.3 Å². The zero-order valence-electron chi connectivity index (χ0n) is 12.1. The van der Waals surface area contributed by atoms with E-state index in [1.54, 1.807) is 38.1 Å². The van der Waals surface area contributed by atoms with E-state index in [4.69, 9.17) is 16.3 Å². The van der Waals surface area contributed by atoms with Crippen LogP contribution in [0.2, 0.25) is 5.02 Å². The minimum Gasteiger partial charge on any atom is -0.484 e. The number of Topliss-reactive ketones (excluding diaryl/α,β-unsaturated/α-hetero) is 2. The van der Waals surface area contributed by atoms with Gasteiger partial charge < -0.3 is 9.72 Å². The number of ether oxygens (including phenoxy) is 1. The Hall–Kier alpha value is -2.07. The molecule has 0 unspecified atom stereocenters. The zero-order chi connectivity index (χ0) is 15.6. The molecule has 1 N–H and O–H groups in total. The fourth-order valence-corrected chi connectivity index (χ4v) is 2.52. The molecule has 5 heteroatoms. The largest absolute Gasteiger partial charge is 0.484 e. The normalized spacial score (nSPS) is 10.5. The van der Waals surface area contributed by atoms with Gasteiger partial charge in [-0.15, -0.1) is 0 Å². The highest BCUT2D eigenvalue weighted by atomic mass is 35.5. The summed E-state index contributed by atoms with van der Waals surface area (Å²) < 4.78 is 5.43. The summed E-state index contributed by atoms with van der Waals surface area (Å²) in [5, 5.41) is 0.453. The van der Waals surface area contributed by atoms with Crippen molar-refractivity contribution in [2.75, 3.05) is 6.61 Å². The predicted octanol–water partition coefficient (Wildman–Crippen LogP) is 3.75. The van der Waals surface area contributed by atoms with Crippen molar-refractivity contribution in [2.24, 2.45) is 0 Å². The number of benzene rings is 1. The highest BCUT2D eigenvalue weighted by Crippen LogP contribution is 2.24. The number of hydrogen-bond acceptors (Lipinski definition) is 3. The summed E-state index contributed by atoms with van der Waals surface area (Å²) in [5.74, 6) is 0.176. The third-order valence-corrected chi connectivity index (χ3v) is 3.58. The summed E-state index contributed by atoms with van der Waals surface area (Å²) in [7, 11) is 0. The first-order valence-corrected chi connectivity index (χ1v) is 6.90. The molecule has 2 rings (SSSR count). The lowest BCUT2D eigenvalue weighted by atomic mass is 10.1. The Balaban J connectivity index is 2.17. The van der Waals surface area contributed by atoms with Crippen LogP contribution in [0.25, 0.3) is 0 Å². The van der Waals surface area contributed by atoms with E-state index in [9.17, 15) is 9.59 Å². The van der Waals surface area contributed by atoms with Crippen molar-refractivity contribution in [1.82, 2.24) is 4.98 Å². The molecule has 1 heterocycles. The molecular weight excluding hydrogens is 290 g/mol. The van der Waals surface area contributed by atoms with Gasteiger partial charge in [0.25, 0.3) is 0 Å². The lowest BCUT2D eigenvalue weighted by Gasteiger charge is -2.06. The Morgan fingerprint density at radius 2 is 1.90 bits per heavy atom. The van der Waals surface area contributed by atoms with Crippen molar-refractivity contribution in [3.8, 4) is 5.75 Å². The van der Waals surface area contributed by atoms with Crippen molar-refractivity contribution in [2.45, 2.75) is 20.8 Å². The minimum atomic E-state index is -0.219. The molecular formula is C16H16ClNO3. The fourth-order valence-electron chi connectivity index (χ4n) is 2.33. The van der Waals surface area contributed by atoms with Gasteiger partial charge in [0.15, 0.2) is 12.4 Å². The van der Waals surface area contributed by atoms with Crippen LogP contribution in [0.1, 0.15) is 39.0 Å². The number of carbonyl (C=O) groups is 2. The van der Waals surface area contributed by atoms with E-state index in [2.05, 4.69) is 4.98 Å². The van der Waals surface area contributed by atoms with E-state index in [0.717, 1.165) is 0 Å². The van der Waals surface area contributed by atoms with Crippen molar-refractivity contribution in [1.29, 1.82) is 0 Å². The highest BCUT2D eigenvalue weighted by Gasteiger charge is 2.20. The third-order valence-electron chi connectivity index (χ3n) is 3.26. The SMILES string of the molecule is CC(=O)c1c(C)[nH]c(C(=O)COc2ccccc2Cl)c1C. The number of ketones is 2. The maximum atomic E-state index is 12.2. The van der Waals surface area contributed by atoms with Crippen LogP contribution in [0.4, 0.5) is 0 Å². The molecule has 0 saturated carbocycles.